The van der Waals surface area contributed by atoms with E-state index in [1.807, 2.05) is 0 Å². The van der Waals surface area contributed by atoms with Gasteiger partial charge in [0, 0.05) is 0 Å². The molecule has 164 valence electrons. The quantitative estimate of drug-likeness (QED) is 0.354. The van der Waals surface area contributed by atoms with Crippen LogP contribution in [0, 0.1) is 5.41 Å². The number of hydrogen-bond donors (Lipinski definition) is 0. The summed E-state index contributed by atoms with van der Waals surface area (Å²) in [4.78, 5) is 0. The summed E-state index contributed by atoms with van der Waals surface area (Å²) in [6.07, 6.45) is 5.34. The van der Waals surface area contributed by atoms with Crippen molar-refractivity contribution in [3.05, 3.63) is 89.5 Å². The predicted octanol–water partition coefficient (Wildman–Crippen LogP) is 6.53. The van der Waals surface area contributed by atoms with E-state index in [1.165, 1.54) is 16.7 Å². The largest absolute Gasteiger partial charge is 0.497 e. The van der Waals surface area contributed by atoms with E-state index in [1.54, 1.807) is 21.3 Å². The number of benzene rings is 3. The Morgan fingerprint density at radius 2 is 0.806 bits per heavy atom. The topological polar surface area (TPSA) is 27.7 Å². The van der Waals surface area contributed by atoms with Crippen molar-refractivity contribution in [3.8, 4) is 17.2 Å². The first-order chi connectivity index (χ1) is 15.1. The van der Waals surface area contributed by atoms with Crippen LogP contribution >= 0.6 is 0 Å². The second-order valence-corrected chi connectivity index (χ2v) is 8.32. The molecule has 0 radical (unpaired) electrons. The molecular weight excluding hydrogens is 384 g/mol. The summed E-state index contributed by atoms with van der Waals surface area (Å²) >= 11 is 0. The van der Waals surface area contributed by atoms with Crippen LogP contribution in [0.1, 0.15) is 36.5 Å². The Morgan fingerprint density at radius 1 is 0.516 bits per heavy atom. The molecule has 3 aromatic rings. The van der Waals surface area contributed by atoms with Gasteiger partial charge in [-0.3, -0.25) is 0 Å². The molecule has 3 rings (SSSR count). The van der Waals surface area contributed by atoms with Crippen LogP contribution in [0.2, 0.25) is 0 Å². The summed E-state index contributed by atoms with van der Waals surface area (Å²) in [7, 11) is 5.14. The van der Waals surface area contributed by atoms with Crippen molar-refractivity contribution < 1.29 is 14.2 Å². The number of ether oxygens (including phenoxy) is 3. The minimum Gasteiger partial charge on any atom is -0.497 e. The van der Waals surface area contributed by atoms with Crippen LogP contribution in [-0.2, 0) is 19.3 Å². The maximum Gasteiger partial charge on any atom is 0.118 e. The van der Waals surface area contributed by atoms with Crippen LogP contribution in [-0.4, -0.2) is 21.3 Å². The number of rotatable bonds is 11. The van der Waals surface area contributed by atoms with Crippen LogP contribution in [0.5, 0.6) is 17.2 Å². The summed E-state index contributed by atoms with van der Waals surface area (Å²) in [6, 6.07) is 25.6. The normalized spacial score (nSPS) is 11.2. The third-order valence-electron chi connectivity index (χ3n) is 5.99. The highest BCUT2D eigenvalue weighted by molar-refractivity contribution is 5.32. The molecule has 3 aromatic carbocycles. The summed E-state index contributed by atoms with van der Waals surface area (Å²) in [5.41, 5.74) is 4.15. The molecule has 0 fully saturated rings. The van der Waals surface area contributed by atoms with Gasteiger partial charge in [0.15, 0.2) is 0 Å². The molecule has 0 N–H and O–H groups in total. The fraction of sp³-hybridized carbons (Fsp3) is 0.357. The number of methoxy groups -OCH3 is 3. The summed E-state index contributed by atoms with van der Waals surface area (Å²) in [5, 5.41) is 0. The zero-order valence-electron chi connectivity index (χ0n) is 19.2. The lowest BCUT2D eigenvalue weighted by molar-refractivity contribution is 0.251. The first-order valence-corrected chi connectivity index (χ1v) is 11.0. The first-order valence-electron chi connectivity index (χ1n) is 11.0. The first kappa shape index (κ1) is 22.7. The molecule has 3 nitrogen and oxygen atoms in total. The SMILES string of the molecule is CCCC(Cc1ccc(OC)cc1)(Cc1ccc(OC)cc1)Cc1ccc(OC)cc1. The standard InChI is InChI=1S/C28H34O3/c1-5-18-28(19-22-6-12-25(29-2)13-7-22,20-23-8-14-26(30-3)15-9-23)21-24-10-16-27(31-4)17-11-24/h6-17H,5,18-21H2,1-4H3. The fourth-order valence-electron chi connectivity index (χ4n) is 4.51. The fourth-order valence-corrected chi connectivity index (χ4v) is 4.51. The lowest BCUT2D eigenvalue weighted by atomic mass is 9.69. The average molecular weight is 419 g/mol. The van der Waals surface area contributed by atoms with Gasteiger partial charge < -0.3 is 14.2 Å². The van der Waals surface area contributed by atoms with Gasteiger partial charge in [0.25, 0.3) is 0 Å². The van der Waals surface area contributed by atoms with Gasteiger partial charge in [-0.2, -0.15) is 0 Å². The molecule has 0 heterocycles. The summed E-state index contributed by atoms with van der Waals surface area (Å²) in [6.45, 7) is 2.28. The van der Waals surface area contributed by atoms with Crippen molar-refractivity contribution in [2.24, 2.45) is 5.41 Å². The van der Waals surface area contributed by atoms with Gasteiger partial charge >= 0.3 is 0 Å². The van der Waals surface area contributed by atoms with Gasteiger partial charge in [0.1, 0.15) is 17.2 Å². The summed E-state index contributed by atoms with van der Waals surface area (Å²) in [5.74, 6) is 2.69. The van der Waals surface area contributed by atoms with Gasteiger partial charge in [0.2, 0.25) is 0 Å². The Bertz CT molecular complexity index is 792. The van der Waals surface area contributed by atoms with E-state index < -0.39 is 0 Å². The van der Waals surface area contributed by atoms with Crippen molar-refractivity contribution in [3.63, 3.8) is 0 Å². The third kappa shape index (κ3) is 6.27. The molecule has 0 aliphatic rings. The Hall–Kier alpha value is -2.94. The zero-order valence-corrected chi connectivity index (χ0v) is 19.2. The highest BCUT2D eigenvalue weighted by Crippen LogP contribution is 2.38. The van der Waals surface area contributed by atoms with Gasteiger partial charge in [0.05, 0.1) is 21.3 Å². The van der Waals surface area contributed by atoms with Crippen molar-refractivity contribution in [1.29, 1.82) is 0 Å². The second kappa shape index (κ2) is 10.9. The van der Waals surface area contributed by atoms with Gasteiger partial charge in [-0.1, -0.05) is 49.7 Å². The molecule has 0 saturated heterocycles. The Labute approximate surface area is 187 Å². The lowest BCUT2D eigenvalue weighted by Gasteiger charge is -2.35. The molecule has 0 amide bonds. The monoisotopic (exact) mass is 418 g/mol. The minimum absolute atomic E-state index is 0.118. The minimum atomic E-state index is 0.118. The molecule has 0 bridgehead atoms. The molecule has 0 aromatic heterocycles. The Balaban J connectivity index is 1.93. The molecule has 0 unspecified atom stereocenters. The molecule has 0 atom stereocenters. The van der Waals surface area contributed by atoms with Crippen molar-refractivity contribution >= 4 is 0 Å². The molecule has 3 heteroatoms. The van der Waals surface area contributed by atoms with E-state index in [4.69, 9.17) is 14.2 Å². The molecule has 0 aliphatic heterocycles. The van der Waals surface area contributed by atoms with E-state index in [-0.39, 0.29) is 5.41 Å². The van der Waals surface area contributed by atoms with Crippen LogP contribution in [0.4, 0.5) is 0 Å². The zero-order chi connectivity index (χ0) is 22.1. The Morgan fingerprint density at radius 3 is 1.03 bits per heavy atom. The smallest absolute Gasteiger partial charge is 0.118 e. The molecular formula is C28H34O3. The van der Waals surface area contributed by atoms with E-state index >= 15 is 0 Å². The van der Waals surface area contributed by atoms with Crippen molar-refractivity contribution in [2.45, 2.75) is 39.0 Å². The maximum atomic E-state index is 5.36. The van der Waals surface area contributed by atoms with Crippen LogP contribution < -0.4 is 14.2 Å². The number of hydrogen-bond acceptors (Lipinski definition) is 3. The van der Waals surface area contributed by atoms with E-state index in [2.05, 4.69) is 79.7 Å². The van der Waals surface area contributed by atoms with E-state index in [0.717, 1.165) is 49.4 Å². The van der Waals surface area contributed by atoms with Gasteiger partial charge in [-0.15, -0.1) is 0 Å². The van der Waals surface area contributed by atoms with E-state index in [0.29, 0.717) is 0 Å². The predicted molar refractivity (Wildman–Crippen MR) is 127 cm³/mol. The van der Waals surface area contributed by atoms with E-state index in [9.17, 15) is 0 Å². The highest BCUT2D eigenvalue weighted by atomic mass is 16.5. The van der Waals surface area contributed by atoms with Crippen molar-refractivity contribution in [1.82, 2.24) is 0 Å². The summed E-state index contributed by atoms with van der Waals surface area (Å²) < 4.78 is 16.1. The third-order valence-corrected chi connectivity index (χ3v) is 5.99. The maximum absolute atomic E-state index is 5.36. The molecule has 0 spiro atoms. The van der Waals surface area contributed by atoms with Crippen LogP contribution in [0.15, 0.2) is 72.8 Å². The average Bonchev–Trinajstić information content (AvgIpc) is 2.81. The van der Waals surface area contributed by atoms with Crippen LogP contribution in [0.3, 0.4) is 0 Å². The van der Waals surface area contributed by atoms with Gasteiger partial charge in [-0.05, 0) is 84.2 Å². The van der Waals surface area contributed by atoms with Gasteiger partial charge in [-0.25, -0.2) is 0 Å². The van der Waals surface area contributed by atoms with Crippen molar-refractivity contribution in [2.75, 3.05) is 21.3 Å². The molecule has 31 heavy (non-hydrogen) atoms. The second-order valence-electron chi connectivity index (χ2n) is 8.32. The Kier molecular flexibility index (Phi) is 8.00. The molecule has 0 saturated carbocycles. The molecule has 0 aliphatic carbocycles. The highest BCUT2D eigenvalue weighted by Gasteiger charge is 2.30. The van der Waals surface area contributed by atoms with Crippen LogP contribution in [0.25, 0.3) is 0 Å². The lowest BCUT2D eigenvalue weighted by Crippen LogP contribution is -2.29.